The Labute approximate surface area is 184 Å². The smallest absolute Gasteiger partial charge is 0.249 e. The molecule has 0 spiro atoms. The van der Waals surface area contributed by atoms with Crippen LogP contribution >= 0.6 is 0 Å². The summed E-state index contributed by atoms with van der Waals surface area (Å²) in [6.07, 6.45) is 6.10. The normalized spacial score (nSPS) is 26.3. The maximum absolute atomic E-state index is 12.4. The van der Waals surface area contributed by atoms with Crippen LogP contribution in [0.1, 0.15) is 44.1 Å². The number of hydrogen-bond acceptors (Lipinski definition) is 5. The van der Waals surface area contributed by atoms with Crippen LogP contribution in [-0.2, 0) is 30.4 Å². The van der Waals surface area contributed by atoms with Gasteiger partial charge in [0.2, 0.25) is 11.8 Å². The van der Waals surface area contributed by atoms with Crippen LogP contribution in [0.5, 0.6) is 0 Å². The summed E-state index contributed by atoms with van der Waals surface area (Å²) in [4.78, 5) is 28.7. The number of carbonyl (C=O) groups is 2. The summed E-state index contributed by atoms with van der Waals surface area (Å²) < 4.78 is 17.1. The summed E-state index contributed by atoms with van der Waals surface area (Å²) in [7, 11) is 1.57. The third-order valence-corrected chi connectivity index (χ3v) is 6.76. The van der Waals surface area contributed by atoms with Gasteiger partial charge in [0.25, 0.3) is 0 Å². The largest absolute Gasteiger partial charge is 0.375 e. The monoisotopic (exact) mass is 430 g/mol. The molecule has 3 atom stereocenters. The summed E-state index contributed by atoms with van der Waals surface area (Å²) in [5, 5.41) is 0. The van der Waals surface area contributed by atoms with Gasteiger partial charge in [-0.15, -0.1) is 0 Å². The molecule has 0 N–H and O–H groups in total. The van der Waals surface area contributed by atoms with Gasteiger partial charge in [-0.1, -0.05) is 30.3 Å². The zero-order chi connectivity index (χ0) is 21.6. The van der Waals surface area contributed by atoms with Crippen molar-refractivity contribution in [1.82, 2.24) is 9.80 Å². The van der Waals surface area contributed by atoms with Crippen molar-refractivity contribution in [3.63, 3.8) is 0 Å². The van der Waals surface area contributed by atoms with Gasteiger partial charge in [-0.05, 0) is 44.1 Å². The van der Waals surface area contributed by atoms with E-state index in [2.05, 4.69) is 0 Å². The SMILES string of the molecule is COCC(=O)N1[C@@H]2CC[C@H]1CC(OC1CCN(C(=O)COCc3ccccc3)CC1)C2. The number of piperidine rings is 2. The number of hydrogen-bond donors (Lipinski definition) is 0. The van der Waals surface area contributed by atoms with Crippen LogP contribution in [0.15, 0.2) is 30.3 Å². The number of benzene rings is 1. The van der Waals surface area contributed by atoms with Gasteiger partial charge in [-0.2, -0.15) is 0 Å². The van der Waals surface area contributed by atoms with Crippen molar-refractivity contribution in [1.29, 1.82) is 0 Å². The number of amides is 2. The molecule has 3 saturated heterocycles. The van der Waals surface area contributed by atoms with Crippen LogP contribution in [0.4, 0.5) is 0 Å². The average molecular weight is 431 g/mol. The minimum atomic E-state index is 0.0531. The maximum atomic E-state index is 12.4. The minimum absolute atomic E-state index is 0.0531. The molecule has 1 aromatic carbocycles. The number of likely N-dealkylation sites (tertiary alicyclic amines) is 1. The maximum Gasteiger partial charge on any atom is 0.249 e. The predicted molar refractivity (Wildman–Crippen MR) is 115 cm³/mol. The van der Waals surface area contributed by atoms with E-state index in [1.54, 1.807) is 7.11 Å². The summed E-state index contributed by atoms with van der Waals surface area (Å²) in [6.45, 7) is 2.18. The van der Waals surface area contributed by atoms with E-state index >= 15 is 0 Å². The van der Waals surface area contributed by atoms with Gasteiger partial charge in [-0.3, -0.25) is 9.59 Å². The number of nitrogens with zero attached hydrogens (tertiary/aromatic N) is 2. The highest BCUT2D eigenvalue weighted by Crippen LogP contribution is 2.38. The van der Waals surface area contributed by atoms with Crippen LogP contribution < -0.4 is 0 Å². The molecule has 4 rings (SSSR count). The first-order valence-electron chi connectivity index (χ1n) is 11.5. The summed E-state index contributed by atoms with van der Waals surface area (Å²) in [6, 6.07) is 10.5. The number of ether oxygens (including phenoxy) is 3. The Morgan fingerprint density at radius 3 is 2.23 bits per heavy atom. The fourth-order valence-corrected chi connectivity index (χ4v) is 5.28. The second-order valence-electron chi connectivity index (χ2n) is 8.91. The molecule has 0 aliphatic carbocycles. The Morgan fingerprint density at radius 2 is 1.58 bits per heavy atom. The third-order valence-electron chi connectivity index (χ3n) is 6.76. The topological polar surface area (TPSA) is 68.3 Å². The first-order chi connectivity index (χ1) is 15.1. The van der Waals surface area contributed by atoms with Gasteiger partial charge in [0, 0.05) is 32.3 Å². The zero-order valence-electron chi connectivity index (χ0n) is 18.4. The molecule has 0 aromatic heterocycles. The van der Waals surface area contributed by atoms with E-state index in [9.17, 15) is 9.59 Å². The molecule has 31 heavy (non-hydrogen) atoms. The van der Waals surface area contributed by atoms with Gasteiger partial charge < -0.3 is 24.0 Å². The molecule has 0 saturated carbocycles. The zero-order valence-corrected chi connectivity index (χ0v) is 18.4. The quantitative estimate of drug-likeness (QED) is 0.634. The lowest BCUT2D eigenvalue weighted by Crippen LogP contribution is -2.51. The van der Waals surface area contributed by atoms with Crippen molar-refractivity contribution in [2.45, 2.75) is 69.4 Å². The van der Waals surface area contributed by atoms with E-state index in [-0.39, 0.29) is 49.3 Å². The first kappa shape index (κ1) is 22.2. The minimum Gasteiger partial charge on any atom is -0.375 e. The number of methoxy groups -OCH3 is 1. The molecule has 2 bridgehead atoms. The highest BCUT2D eigenvalue weighted by molar-refractivity contribution is 5.78. The fraction of sp³-hybridized carbons (Fsp3) is 0.667. The summed E-state index contributed by atoms with van der Waals surface area (Å²) >= 11 is 0. The standard InChI is InChI=1S/C24H34N2O5/c1-29-16-24(28)26-19-7-8-20(26)14-22(13-19)31-21-9-11-25(12-10-21)23(27)17-30-15-18-5-3-2-4-6-18/h2-6,19-22H,7-17H2,1H3/t19-,20+,22?. The van der Waals surface area contributed by atoms with E-state index in [4.69, 9.17) is 14.2 Å². The van der Waals surface area contributed by atoms with Crippen molar-refractivity contribution in [2.75, 3.05) is 33.4 Å². The predicted octanol–water partition coefficient (Wildman–Crippen LogP) is 2.38. The highest BCUT2D eigenvalue weighted by atomic mass is 16.5. The Hall–Kier alpha value is -1.96. The van der Waals surface area contributed by atoms with Gasteiger partial charge in [0.1, 0.15) is 13.2 Å². The Balaban J connectivity index is 1.16. The van der Waals surface area contributed by atoms with E-state index in [0.717, 1.165) is 57.2 Å². The molecule has 1 aromatic rings. The Kier molecular flexibility index (Phi) is 7.58. The number of rotatable bonds is 8. The van der Waals surface area contributed by atoms with Crippen molar-refractivity contribution >= 4 is 11.8 Å². The lowest BCUT2D eigenvalue weighted by Gasteiger charge is -2.41. The second kappa shape index (κ2) is 10.6. The molecule has 3 aliphatic rings. The summed E-state index contributed by atoms with van der Waals surface area (Å²) in [5.41, 5.74) is 1.08. The van der Waals surface area contributed by atoms with E-state index in [1.807, 2.05) is 40.1 Å². The Morgan fingerprint density at radius 1 is 0.903 bits per heavy atom. The van der Waals surface area contributed by atoms with Crippen molar-refractivity contribution in [2.24, 2.45) is 0 Å². The van der Waals surface area contributed by atoms with Crippen molar-refractivity contribution in [3.05, 3.63) is 35.9 Å². The molecular weight excluding hydrogens is 396 g/mol. The molecule has 1 unspecified atom stereocenters. The average Bonchev–Trinajstić information content (AvgIpc) is 3.06. The van der Waals surface area contributed by atoms with E-state index < -0.39 is 0 Å². The van der Waals surface area contributed by atoms with Gasteiger partial charge in [0.05, 0.1) is 18.8 Å². The van der Waals surface area contributed by atoms with Crippen LogP contribution in [0.25, 0.3) is 0 Å². The molecule has 3 fully saturated rings. The number of carbonyl (C=O) groups excluding carboxylic acids is 2. The highest BCUT2D eigenvalue weighted by Gasteiger charge is 2.44. The van der Waals surface area contributed by atoms with Crippen LogP contribution in [-0.4, -0.2) is 79.3 Å². The second-order valence-corrected chi connectivity index (χ2v) is 8.91. The van der Waals surface area contributed by atoms with Crippen molar-refractivity contribution < 1.29 is 23.8 Å². The lowest BCUT2D eigenvalue weighted by atomic mass is 9.98. The molecule has 7 nitrogen and oxygen atoms in total. The van der Waals surface area contributed by atoms with Crippen LogP contribution in [0.3, 0.4) is 0 Å². The van der Waals surface area contributed by atoms with E-state index in [1.165, 1.54) is 0 Å². The molecule has 7 heteroatoms. The van der Waals surface area contributed by atoms with Gasteiger partial charge in [0.15, 0.2) is 0 Å². The van der Waals surface area contributed by atoms with Crippen molar-refractivity contribution in [3.8, 4) is 0 Å². The Bertz CT molecular complexity index is 721. The molecule has 3 heterocycles. The van der Waals surface area contributed by atoms with E-state index in [0.29, 0.717) is 6.61 Å². The fourth-order valence-electron chi connectivity index (χ4n) is 5.28. The number of fused-ring (bicyclic) bond motifs is 2. The van der Waals surface area contributed by atoms with Crippen LogP contribution in [0, 0.1) is 0 Å². The summed E-state index contributed by atoms with van der Waals surface area (Å²) in [5.74, 6) is 0.159. The van der Waals surface area contributed by atoms with Gasteiger partial charge >= 0.3 is 0 Å². The molecule has 170 valence electrons. The van der Waals surface area contributed by atoms with Gasteiger partial charge in [-0.25, -0.2) is 0 Å². The molecule has 3 aliphatic heterocycles. The molecule has 0 radical (unpaired) electrons. The lowest BCUT2D eigenvalue weighted by molar-refractivity contribution is -0.146. The first-order valence-corrected chi connectivity index (χ1v) is 11.5. The van der Waals surface area contributed by atoms with Crippen LogP contribution in [0.2, 0.25) is 0 Å². The molecular formula is C24H34N2O5. The third kappa shape index (κ3) is 5.64. The molecule has 2 amide bonds.